The topological polar surface area (TPSA) is 132 Å². The van der Waals surface area contributed by atoms with E-state index in [-0.39, 0.29) is 11.5 Å². The van der Waals surface area contributed by atoms with Crippen molar-refractivity contribution in [2.45, 2.75) is 13.1 Å². The smallest absolute Gasteiger partial charge is 0.416 e. The molecule has 0 aliphatic carbocycles. The number of halogens is 3. The molecule has 0 unspecified atom stereocenters. The van der Waals surface area contributed by atoms with E-state index in [0.29, 0.717) is 51.5 Å². The first-order valence-electron chi connectivity index (χ1n) is 13.7. The number of nitrogens with zero attached hydrogens (tertiary/aromatic N) is 4. The summed E-state index contributed by atoms with van der Waals surface area (Å²) < 4.78 is 55.7. The summed E-state index contributed by atoms with van der Waals surface area (Å²) in [5.74, 6) is 1.61. The Morgan fingerprint density at radius 2 is 1.57 bits per heavy atom. The normalized spacial score (nSPS) is 11.0. The van der Waals surface area contributed by atoms with Crippen molar-refractivity contribution in [2.24, 2.45) is 0 Å². The Morgan fingerprint density at radius 1 is 0.804 bits per heavy atom. The molecule has 0 radical (unpaired) electrons. The number of amides is 1. The third-order valence-corrected chi connectivity index (χ3v) is 6.74. The number of hydrogen-bond donors (Lipinski definition) is 3. The lowest BCUT2D eigenvalue weighted by Crippen LogP contribution is -2.14. The molecule has 0 atom stereocenters. The van der Waals surface area contributed by atoms with Crippen LogP contribution in [0, 0.1) is 6.92 Å². The van der Waals surface area contributed by atoms with Gasteiger partial charge in [-0.3, -0.25) is 4.79 Å². The van der Waals surface area contributed by atoms with Crippen molar-refractivity contribution >= 4 is 34.7 Å². The lowest BCUT2D eigenvalue weighted by atomic mass is 10.1. The molecule has 11 nitrogen and oxygen atoms in total. The maximum atomic E-state index is 13.1. The van der Waals surface area contributed by atoms with Crippen LogP contribution in [-0.4, -0.2) is 47.2 Å². The van der Waals surface area contributed by atoms with Crippen LogP contribution in [0.25, 0.3) is 11.4 Å². The van der Waals surface area contributed by atoms with Gasteiger partial charge in [-0.1, -0.05) is 12.1 Å². The number of alkyl halides is 3. The highest BCUT2D eigenvalue weighted by atomic mass is 19.4. The molecule has 0 saturated heterocycles. The number of ether oxygens (including phenoxy) is 3. The van der Waals surface area contributed by atoms with Crippen molar-refractivity contribution in [3.05, 3.63) is 95.9 Å². The molecule has 1 amide bonds. The fourth-order valence-corrected chi connectivity index (χ4v) is 4.46. The lowest BCUT2D eigenvalue weighted by molar-refractivity contribution is -0.137. The average Bonchev–Trinajstić information content (AvgIpc) is 3.05. The molecule has 0 fully saturated rings. The van der Waals surface area contributed by atoms with Crippen molar-refractivity contribution in [1.82, 2.24) is 19.9 Å². The molecule has 5 aromatic rings. The molecule has 0 saturated carbocycles. The lowest BCUT2D eigenvalue weighted by Gasteiger charge is -2.15. The number of nitrogens with one attached hydrogen (secondary N) is 3. The molecule has 14 heteroatoms. The van der Waals surface area contributed by atoms with Gasteiger partial charge >= 0.3 is 6.18 Å². The Morgan fingerprint density at radius 3 is 2.26 bits per heavy atom. The van der Waals surface area contributed by atoms with Gasteiger partial charge in [0.15, 0.2) is 17.3 Å². The van der Waals surface area contributed by atoms with E-state index in [2.05, 4.69) is 35.9 Å². The van der Waals surface area contributed by atoms with Crippen LogP contribution in [-0.2, 0) is 6.18 Å². The number of aryl methyl sites for hydroxylation is 1. The van der Waals surface area contributed by atoms with Crippen LogP contribution in [0.2, 0.25) is 0 Å². The first-order chi connectivity index (χ1) is 22.1. The molecule has 236 valence electrons. The highest BCUT2D eigenvalue weighted by molar-refractivity contribution is 6.04. The van der Waals surface area contributed by atoms with E-state index in [9.17, 15) is 18.0 Å². The molecule has 3 N–H and O–H groups in total. The van der Waals surface area contributed by atoms with E-state index in [4.69, 9.17) is 14.2 Å². The zero-order valence-electron chi connectivity index (χ0n) is 25.1. The van der Waals surface area contributed by atoms with Gasteiger partial charge in [0, 0.05) is 41.0 Å². The number of carbonyl (C=O) groups excluding carboxylic acids is 1. The summed E-state index contributed by atoms with van der Waals surface area (Å²) in [6, 6.07) is 16.2. The third-order valence-electron chi connectivity index (χ3n) is 6.74. The predicted octanol–water partition coefficient (Wildman–Crippen LogP) is 7.03. The summed E-state index contributed by atoms with van der Waals surface area (Å²) >= 11 is 0. The highest BCUT2D eigenvalue weighted by Crippen LogP contribution is 2.40. The molecular weight excluding hydrogens is 603 g/mol. The van der Waals surface area contributed by atoms with E-state index in [1.165, 1.54) is 39.8 Å². The first kappa shape index (κ1) is 31.5. The summed E-state index contributed by atoms with van der Waals surface area (Å²) in [7, 11) is 4.54. The monoisotopic (exact) mass is 631 g/mol. The zero-order chi connectivity index (χ0) is 32.8. The van der Waals surface area contributed by atoms with E-state index < -0.39 is 17.6 Å². The van der Waals surface area contributed by atoms with Crippen LogP contribution >= 0.6 is 0 Å². The van der Waals surface area contributed by atoms with Crippen LogP contribution in [0.1, 0.15) is 21.5 Å². The van der Waals surface area contributed by atoms with Crippen molar-refractivity contribution in [3.63, 3.8) is 0 Å². The molecule has 3 aromatic carbocycles. The minimum Gasteiger partial charge on any atom is -0.493 e. The first-order valence-corrected chi connectivity index (χ1v) is 13.7. The van der Waals surface area contributed by atoms with Crippen molar-refractivity contribution < 1.29 is 32.2 Å². The van der Waals surface area contributed by atoms with Crippen molar-refractivity contribution in [3.8, 4) is 28.6 Å². The van der Waals surface area contributed by atoms with Crippen LogP contribution in [0.4, 0.5) is 42.0 Å². The van der Waals surface area contributed by atoms with Crippen LogP contribution < -0.4 is 30.2 Å². The van der Waals surface area contributed by atoms with Crippen LogP contribution in [0.15, 0.2) is 79.3 Å². The summed E-state index contributed by atoms with van der Waals surface area (Å²) in [4.78, 5) is 30.4. The number of hydrogen-bond acceptors (Lipinski definition) is 10. The number of methoxy groups -OCH3 is 3. The molecule has 0 aliphatic heterocycles. The number of pyridine rings is 1. The van der Waals surface area contributed by atoms with Crippen LogP contribution in [0.5, 0.6) is 17.2 Å². The fourth-order valence-electron chi connectivity index (χ4n) is 4.46. The summed E-state index contributed by atoms with van der Waals surface area (Å²) in [5, 5.41) is 9.03. The Balaban J connectivity index is 1.39. The minimum atomic E-state index is -4.57. The molecule has 2 heterocycles. The minimum absolute atomic E-state index is 0.123. The molecule has 0 aliphatic rings. The number of rotatable bonds is 10. The maximum Gasteiger partial charge on any atom is 0.416 e. The number of carbonyl (C=O) groups is 1. The summed E-state index contributed by atoms with van der Waals surface area (Å²) in [6.07, 6.45) is -1.62. The summed E-state index contributed by atoms with van der Waals surface area (Å²) in [6.45, 7) is 1.85. The van der Waals surface area contributed by atoms with Gasteiger partial charge in [-0.15, -0.1) is 0 Å². The van der Waals surface area contributed by atoms with E-state index >= 15 is 0 Å². The SMILES string of the molecule is COc1cc(Nc2ncnc(-c3cccnc3Nc3cc(NC(=O)c4cccc(C(F)(F)F)c4)ccc3C)n2)cc(OC)c1OC. The second-order valence-electron chi connectivity index (χ2n) is 9.76. The van der Waals surface area contributed by atoms with Gasteiger partial charge < -0.3 is 30.2 Å². The van der Waals surface area contributed by atoms with Gasteiger partial charge in [0.2, 0.25) is 11.7 Å². The van der Waals surface area contributed by atoms with E-state index in [1.54, 1.807) is 48.7 Å². The van der Waals surface area contributed by atoms with Gasteiger partial charge in [-0.25, -0.2) is 15.0 Å². The van der Waals surface area contributed by atoms with Gasteiger partial charge in [0.1, 0.15) is 12.1 Å². The molecule has 0 spiro atoms. The average molecular weight is 632 g/mol. The highest BCUT2D eigenvalue weighted by Gasteiger charge is 2.31. The molecule has 0 bridgehead atoms. The molecule has 2 aromatic heterocycles. The van der Waals surface area contributed by atoms with Gasteiger partial charge in [0.05, 0.1) is 32.5 Å². The Labute approximate surface area is 261 Å². The molecular formula is C32H28F3N7O4. The van der Waals surface area contributed by atoms with Crippen LogP contribution in [0.3, 0.4) is 0 Å². The second kappa shape index (κ2) is 13.4. The standard InChI is InChI=1S/C32H28F3N7O4/c1-18-10-11-21(39-30(43)19-7-5-8-20(13-19)32(33,34)35)14-24(18)41-28-23(9-6-12-36-28)29-37-17-38-31(42-29)40-22-15-25(44-2)27(46-4)26(16-22)45-3/h5-17H,1-4H3,(H,36,41)(H,39,43)(H,37,38,40,42). The zero-order valence-corrected chi connectivity index (χ0v) is 25.1. The predicted molar refractivity (Wildman–Crippen MR) is 166 cm³/mol. The second-order valence-corrected chi connectivity index (χ2v) is 9.76. The van der Waals surface area contributed by atoms with Gasteiger partial charge in [-0.2, -0.15) is 18.2 Å². The number of benzene rings is 3. The largest absolute Gasteiger partial charge is 0.493 e. The van der Waals surface area contributed by atoms with Crippen molar-refractivity contribution in [2.75, 3.05) is 37.3 Å². The molecule has 46 heavy (non-hydrogen) atoms. The number of aromatic nitrogens is 4. The quantitative estimate of drug-likeness (QED) is 0.148. The van der Waals surface area contributed by atoms with Gasteiger partial charge in [0.25, 0.3) is 5.91 Å². The van der Waals surface area contributed by atoms with Gasteiger partial charge in [-0.05, 0) is 55.0 Å². The maximum absolute atomic E-state index is 13.1. The Hall–Kier alpha value is -5.92. The Bertz CT molecular complexity index is 1860. The summed E-state index contributed by atoms with van der Waals surface area (Å²) in [5.41, 5.74) is 1.87. The molecule has 5 rings (SSSR count). The van der Waals surface area contributed by atoms with E-state index in [0.717, 1.165) is 17.7 Å². The fraction of sp³-hybridized carbons (Fsp3) is 0.156. The third kappa shape index (κ3) is 7.07. The van der Waals surface area contributed by atoms with Crippen molar-refractivity contribution in [1.29, 1.82) is 0 Å². The Kier molecular flexibility index (Phi) is 9.16. The van der Waals surface area contributed by atoms with E-state index in [1.807, 2.05) is 6.92 Å². The number of anilines is 5.